The van der Waals surface area contributed by atoms with Crippen LogP contribution >= 0.6 is 0 Å². The molecule has 1 aliphatic carbocycles. The highest BCUT2D eigenvalue weighted by Gasteiger charge is 2.33. The smallest absolute Gasteiger partial charge is 0.229 e. The van der Waals surface area contributed by atoms with Crippen molar-refractivity contribution in [2.45, 2.75) is 6.92 Å². The summed E-state index contributed by atoms with van der Waals surface area (Å²) in [5, 5.41) is 2.42. The van der Waals surface area contributed by atoms with E-state index in [2.05, 4.69) is 5.32 Å². The maximum atomic E-state index is 12.2. The summed E-state index contributed by atoms with van der Waals surface area (Å²) in [4.78, 5) is 35.4. The Hall–Kier alpha value is -2.69. The summed E-state index contributed by atoms with van der Waals surface area (Å²) in [5.41, 5.74) is 0.867. The van der Waals surface area contributed by atoms with Crippen molar-refractivity contribution in [1.29, 1.82) is 0 Å². The number of hydrogen-bond donors (Lipinski definition) is 1. The van der Waals surface area contributed by atoms with Gasteiger partial charge in [0.25, 0.3) is 0 Å². The summed E-state index contributed by atoms with van der Waals surface area (Å²) >= 11 is 0. The Morgan fingerprint density at radius 1 is 1.05 bits per heavy atom. The zero-order chi connectivity index (χ0) is 13.6. The molecule has 0 saturated heterocycles. The lowest BCUT2D eigenvalue weighted by Gasteiger charge is -2.11. The minimum atomic E-state index is -0.346. The minimum Gasteiger partial charge on any atom is -0.436 e. The average molecular weight is 255 g/mol. The normalized spacial score (nSPS) is 12.9. The van der Waals surface area contributed by atoms with Crippen LogP contribution in [-0.2, 0) is 4.79 Å². The lowest BCUT2D eigenvalue weighted by molar-refractivity contribution is -0.114. The van der Waals surface area contributed by atoms with E-state index >= 15 is 0 Å². The van der Waals surface area contributed by atoms with Crippen LogP contribution in [0.15, 0.2) is 34.7 Å². The molecule has 0 atom stereocenters. The van der Waals surface area contributed by atoms with E-state index in [1.165, 1.54) is 13.0 Å². The summed E-state index contributed by atoms with van der Waals surface area (Å²) in [6, 6.07) is 7.95. The van der Waals surface area contributed by atoms with Crippen LogP contribution in [0.5, 0.6) is 0 Å². The molecule has 0 bridgehead atoms. The Morgan fingerprint density at radius 3 is 2.32 bits per heavy atom. The van der Waals surface area contributed by atoms with Crippen LogP contribution in [-0.4, -0.2) is 17.5 Å². The number of fused-ring (bicyclic) bond motifs is 2. The van der Waals surface area contributed by atoms with Gasteiger partial charge in [0, 0.05) is 24.1 Å². The first-order chi connectivity index (χ1) is 9.08. The van der Waals surface area contributed by atoms with E-state index in [-0.39, 0.29) is 34.7 Å². The Kier molecular flexibility index (Phi) is 2.35. The molecule has 0 saturated carbocycles. The molecule has 1 heterocycles. The molecular formula is C14H9NO4. The molecule has 94 valence electrons. The molecule has 1 amide bonds. The highest BCUT2D eigenvalue weighted by molar-refractivity contribution is 6.27. The number of ketones is 2. The van der Waals surface area contributed by atoms with Gasteiger partial charge in [-0.2, -0.15) is 0 Å². The lowest BCUT2D eigenvalue weighted by Crippen LogP contribution is -2.18. The molecule has 1 aliphatic rings. The SMILES string of the molecule is CC(=O)Nc1cc2c(o1)C(=O)c1ccccc1C2=O. The fourth-order valence-corrected chi connectivity index (χ4v) is 2.11. The molecule has 2 aromatic rings. The molecule has 0 aliphatic heterocycles. The van der Waals surface area contributed by atoms with Crippen LogP contribution in [0, 0.1) is 0 Å². The number of benzene rings is 1. The first kappa shape index (κ1) is 11.4. The van der Waals surface area contributed by atoms with Crippen LogP contribution < -0.4 is 5.32 Å². The second-order valence-electron chi connectivity index (χ2n) is 4.24. The predicted octanol–water partition coefficient (Wildman–Crippen LogP) is 2.01. The van der Waals surface area contributed by atoms with E-state index in [9.17, 15) is 14.4 Å². The zero-order valence-electron chi connectivity index (χ0n) is 10.0. The quantitative estimate of drug-likeness (QED) is 0.721. The third kappa shape index (κ3) is 1.67. The molecule has 0 radical (unpaired) electrons. The van der Waals surface area contributed by atoms with E-state index < -0.39 is 0 Å². The van der Waals surface area contributed by atoms with E-state index in [4.69, 9.17) is 4.42 Å². The Labute approximate surface area is 108 Å². The number of carbonyl (C=O) groups is 3. The lowest BCUT2D eigenvalue weighted by atomic mass is 9.89. The molecule has 1 aromatic carbocycles. The summed E-state index contributed by atoms with van der Waals surface area (Å²) in [5.74, 6) is -0.865. The van der Waals surface area contributed by atoms with Gasteiger partial charge in [0.2, 0.25) is 17.6 Å². The molecular weight excluding hydrogens is 246 g/mol. The second-order valence-corrected chi connectivity index (χ2v) is 4.24. The Balaban J connectivity index is 2.15. The highest BCUT2D eigenvalue weighted by atomic mass is 16.4. The number of rotatable bonds is 1. The fraction of sp³-hybridized carbons (Fsp3) is 0.0714. The maximum absolute atomic E-state index is 12.2. The Bertz CT molecular complexity index is 674. The van der Waals surface area contributed by atoms with Crippen molar-refractivity contribution in [2.24, 2.45) is 0 Å². The van der Waals surface area contributed by atoms with Crippen molar-refractivity contribution in [2.75, 3.05) is 5.32 Å². The van der Waals surface area contributed by atoms with Crippen molar-refractivity contribution in [3.63, 3.8) is 0 Å². The number of furan rings is 1. The molecule has 3 rings (SSSR count). The summed E-state index contributed by atoms with van der Waals surface area (Å²) in [7, 11) is 0. The zero-order valence-corrected chi connectivity index (χ0v) is 10.0. The third-order valence-corrected chi connectivity index (χ3v) is 2.90. The van der Waals surface area contributed by atoms with Gasteiger partial charge < -0.3 is 4.42 Å². The first-order valence-corrected chi connectivity index (χ1v) is 5.68. The van der Waals surface area contributed by atoms with Crippen molar-refractivity contribution in [3.05, 3.63) is 52.8 Å². The minimum absolute atomic E-state index is 0.0209. The maximum Gasteiger partial charge on any atom is 0.229 e. The van der Waals surface area contributed by atoms with Crippen LogP contribution in [0.1, 0.15) is 39.0 Å². The molecule has 0 fully saturated rings. The topological polar surface area (TPSA) is 76.4 Å². The summed E-state index contributed by atoms with van der Waals surface area (Å²) < 4.78 is 5.25. The average Bonchev–Trinajstić information content (AvgIpc) is 2.79. The van der Waals surface area contributed by atoms with Gasteiger partial charge in [0.05, 0.1) is 5.56 Å². The molecule has 0 spiro atoms. The fourth-order valence-electron chi connectivity index (χ4n) is 2.11. The molecule has 19 heavy (non-hydrogen) atoms. The molecule has 5 heteroatoms. The van der Waals surface area contributed by atoms with Crippen LogP contribution in [0.25, 0.3) is 0 Å². The molecule has 1 aromatic heterocycles. The van der Waals surface area contributed by atoms with E-state index in [0.717, 1.165) is 0 Å². The predicted molar refractivity (Wildman–Crippen MR) is 66.3 cm³/mol. The van der Waals surface area contributed by atoms with Crippen molar-refractivity contribution >= 4 is 23.4 Å². The van der Waals surface area contributed by atoms with Gasteiger partial charge in [-0.05, 0) is 0 Å². The molecule has 1 N–H and O–H groups in total. The number of nitrogens with one attached hydrogen (secondary N) is 1. The van der Waals surface area contributed by atoms with Crippen molar-refractivity contribution in [1.82, 2.24) is 0 Å². The second kappa shape index (κ2) is 3.91. The highest BCUT2D eigenvalue weighted by Crippen LogP contribution is 2.31. The monoisotopic (exact) mass is 255 g/mol. The van der Waals surface area contributed by atoms with Crippen molar-refractivity contribution in [3.8, 4) is 0 Å². The van der Waals surface area contributed by atoms with Crippen LogP contribution in [0.4, 0.5) is 5.88 Å². The van der Waals surface area contributed by atoms with Gasteiger partial charge in [-0.15, -0.1) is 0 Å². The number of hydrogen-bond acceptors (Lipinski definition) is 4. The van der Waals surface area contributed by atoms with Crippen molar-refractivity contribution < 1.29 is 18.8 Å². The first-order valence-electron chi connectivity index (χ1n) is 5.68. The van der Waals surface area contributed by atoms with E-state index in [1.54, 1.807) is 24.3 Å². The third-order valence-electron chi connectivity index (χ3n) is 2.90. The molecule has 5 nitrogen and oxygen atoms in total. The van der Waals surface area contributed by atoms with Crippen LogP contribution in [0.3, 0.4) is 0 Å². The molecule has 0 unspecified atom stereocenters. The number of amides is 1. The number of carbonyl (C=O) groups excluding carboxylic acids is 3. The van der Waals surface area contributed by atoms with Gasteiger partial charge in [0.1, 0.15) is 0 Å². The van der Waals surface area contributed by atoms with E-state index in [0.29, 0.717) is 11.1 Å². The summed E-state index contributed by atoms with van der Waals surface area (Å²) in [6.45, 7) is 1.32. The van der Waals surface area contributed by atoms with Gasteiger partial charge in [-0.25, -0.2) is 0 Å². The van der Waals surface area contributed by atoms with Gasteiger partial charge in [0.15, 0.2) is 11.5 Å². The largest absolute Gasteiger partial charge is 0.436 e. The standard InChI is InChI=1S/C14H9NO4/c1-7(16)15-11-6-10-12(17)8-4-2-3-5-9(8)13(18)14(10)19-11/h2-6H,1H3,(H,15,16). The van der Waals surface area contributed by atoms with Crippen LogP contribution in [0.2, 0.25) is 0 Å². The number of anilines is 1. The van der Waals surface area contributed by atoms with E-state index in [1.807, 2.05) is 0 Å². The Morgan fingerprint density at radius 2 is 1.68 bits per heavy atom. The van der Waals surface area contributed by atoms with Gasteiger partial charge in [-0.3, -0.25) is 19.7 Å². The van der Waals surface area contributed by atoms with Gasteiger partial charge >= 0.3 is 0 Å². The van der Waals surface area contributed by atoms with Gasteiger partial charge in [-0.1, -0.05) is 24.3 Å². The summed E-state index contributed by atoms with van der Waals surface area (Å²) in [6.07, 6.45) is 0.